The first kappa shape index (κ1) is 16.6. The van der Waals surface area contributed by atoms with E-state index in [2.05, 4.69) is 44.3 Å². The first-order valence-electron chi connectivity index (χ1n) is 8.73. The lowest BCUT2D eigenvalue weighted by Crippen LogP contribution is -2.25. The first-order valence-corrected chi connectivity index (χ1v) is 8.73. The Morgan fingerprint density at radius 2 is 1.92 bits per heavy atom. The summed E-state index contributed by atoms with van der Waals surface area (Å²) >= 11 is 0. The second-order valence-electron chi connectivity index (χ2n) is 6.52. The van der Waals surface area contributed by atoms with E-state index in [4.69, 9.17) is 4.74 Å². The number of anilines is 1. The molecule has 1 amide bonds. The summed E-state index contributed by atoms with van der Waals surface area (Å²) in [6.07, 6.45) is 2.60. The summed E-state index contributed by atoms with van der Waals surface area (Å²) in [4.78, 5) is 12.3. The van der Waals surface area contributed by atoms with Crippen LogP contribution in [0.2, 0.25) is 0 Å². The molecule has 0 radical (unpaired) electrons. The molecule has 24 heavy (non-hydrogen) atoms. The third-order valence-electron chi connectivity index (χ3n) is 4.85. The van der Waals surface area contributed by atoms with Gasteiger partial charge >= 0.3 is 0 Å². The van der Waals surface area contributed by atoms with Gasteiger partial charge in [-0.2, -0.15) is 0 Å². The molecule has 2 aromatic carbocycles. The zero-order chi connectivity index (χ0) is 17.1. The van der Waals surface area contributed by atoms with E-state index in [1.54, 1.807) is 0 Å². The molecule has 0 saturated carbocycles. The van der Waals surface area contributed by atoms with Crippen LogP contribution in [-0.2, 0) is 4.79 Å². The summed E-state index contributed by atoms with van der Waals surface area (Å²) in [5, 5.41) is 3.06. The average molecular weight is 323 g/mol. The summed E-state index contributed by atoms with van der Waals surface area (Å²) < 4.78 is 6.00. The maximum Gasteiger partial charge on any atom is 0.225 e. The van der Waals surface area contributed by atoms with E-state index in [1.807, 2.05) is 18.2 Å². The summed E-state index contributed by atoms with van der Waals surface area (Å²) in [7, 11) is 0. The number of hydrogen-bond donors (Lipinski definition) is 1. The Bertz CT molecular complexity index is 751. The van der Waals surface area contributed by atoms with Crippen LogP contribution >= 0.6 is 0 Å². The first-order chi connectivity index (χ1) is 11.6. The van der Waals surface area contributed by atoms with E-state index >= 15 is 0 Å². The van der Waals surface area contributed by atoms with Gasteiger partial charge in [-0.05, 0) is 43.0 Å². The molecule has 3 heteroatoms. The van der Waals surface area contributed by atoms with Crippen molar-refractivity contribution in [1.82, 2.24) is 0 Å². The number of amides is 1. The van der Waals surface area contributed by atoms with Crippen molar-refractivity contribution in [3.05, 3.63) is 58.7 Å². The van der Waals surface area contributed by atoms with Crippen LogP contribution in [0.15, 0.2) is 36.4 Å². The number of rotatable bonds is 5. The highest BCUT2D eigenvalue weighted by atomic mass is 16.5. The van der Waals surface area contributed by atoms with Gasteiger partial charge in [0.25, 0.3) is 0 Å². The smallest absolute Gasteiger partial charge is 0.225 e. The lowest BCUT2D eigenvalue weighted by Gasteiger charge is -2.29. The predicted octanol–water partition coefficient (Wildman–Crippen LogP) is 4.96. The minimum absolute atomic E-state index is 0.0471. The molecule has 1 N–H and O–H groups in total. The molecule has 1 atom stereocenters. The van der Waals surface area contributed by atoms with Crippen molar-refractivity contribution >= 4 is 11.6 Å². The van der Waals surface area contributed by atoms with Gasteiger partial charge in [0.2, 0.25) is 5.91 Å². The number of para-hydroxylation sites is 1. The Labute approximate surface area is 144 Å². The Kier molecular flexibility index (Phi) is 4.89. The average Bonchev–Trinajstić information content (AvgIpc) is 2.59. The fraction of sp³-hybridized carbons (Fsp3) is 0.381. The number of carbonyl (C=O) groups is 1. The molecule has 0 unspecified atom stereocenters. The van der Waals surface area contributed by atoms with E-state index in [0.717, 1.165) is 35.4 Å². The Hall–Kier alpha value is -2.29. The molecular formula is C21H25NO2. The number of benzene rings is 2. The highest BCUT2D eigenvalue weighted by molar-refractivity contribution is 5.96. The van der Waals surface area contributed by atoms with Gasteiger partial charge < -0.3 is 10.1 Å². The van der Waals surface area contributed by atoms with E-state index < -0.39 is 0 Å². The summed E-state index contributed by atoms with van der Waals surface area (Å²) in [6, 6.07) is 12.4. The molecule has 3 rings (SSSR count). The maximum absolute atomic E-state index is 12.3. The number of unbranched alkanes of at least 4 members (excludes halogenated alkanes) is 1. The molecule has 0 aromatic heterocycles. The molecule has 1 heterocycles. The van der Waals surface area contributed by atoms with Gasteiger partial charge in [-0.25, -0.2) is 0 Å². The fourth-order valence-electron chi connectivity index (χ4n) is 3.28. The largest absolute Gasteiger partial charge is 0.493 e. The van der Waals surface area contributed by atoms with Gasteiger partial charge in [0, 0.05) is 23.6 Å². The lowest BCUT2D eigenvalue weighted by atomic mass is 9.82. The molecule has 1 aliphatic rings. The van der Waals surface area contributed by atoms with Crippen LogP contribution in [0.25, 0.3) is 0 Å². The molecule has 0 fully saturated rings. The SMILES string of the molecule is CCCCOc1ccccc1[C@H]1CC(=O)Nc2c1ccc(C)c2C. The van der Waals surface area contributed by atoms with Crippen LogP contribution in [-0.4, -0.2) is 12.5 Å². The van der Waals surface area contributed by atoms with Crippen molar-refractivity contribution in [3.63, 3.8) is 0 Å². The Morgan fingerprint density at radius 1 is 1.12 bits per heavy atom. The van der Waals surface area contributed by atoms with Crippen molar-refractivity contribution in [2.75, 3.05) is 11.9 Å². The normalized spacial score (nSPS) is 16.5. The van der Waals surface area contributed by atoms with E-state index in [0.29, 0.717) is 13.0 Å². The quantitative estimate of drug-likeness (QED) is 0.790. The maximum atomic E-state index is 12.3. The van der Waals surface area contributed by atoms with Crippen LogP contribution in [0.5, 0.6) is 5.75 Å². The second kappa shape index (κ2) is 7.08. The van der Waals surface area contributed by atoms with E-state index in [-0.39, 0.29) is 11.8 Å². The minimum Gasteiger partial charge on any atom is -0.493 e. The topological polar surface area (TPSA) is 38.3 Å². The molecule has 0 aliphatic carbocycles. The lowest BCUT2D eigenvalue weighted by molar-refractivity contribution is -0.116. The Balaban J connectivity index is 2.02. The highest BCUT2D eigenvalue weighted by Crippen LogP contribution is 2.42. The van der Waals surface area contributed by atoms with Crippen molar-refractivity contribution in [2.45, 2.75) is 46.0 Å². The summed E-state index contributed by atoms with van der Waals surface area (Å²) in [5.41, 5.74) is 5.61. The van der Waals surface area contributed by atoms with E-state index in [9.17, 15) is 4.79 Å². The van der Waals surface area contributed by atoms with Gasteiger partial charge in [0.1, 0.15) is 5.75 Å². The third-order valence-corrected chi connectivity index (χ3v) is 4.85. The summed E-state index contributed by atoms with van der Waals surface area (Å²) in [5.74, 6) is 1.02. The molecule has 126 valence electrons. The molecule has 3 nitrogen and oxygen atoms in total. The van der Waals surface area contributed by atoms with Crippen LogP contribution in [0.4, 0.5) is 5.69 Å². The number of carbonyl (C=O) groups excluding carboxylic acids is 1. The van der Waals surface area contributed by atoms with Gasteiger partial charge in [-0.1, -0.05) is 43.7 Å². The molecule has 0 spiro atoms. The monoisotopic (exact) mass is 323 g/mol. The predicted molar refractivity (Wildman–Crippen MR) is 97.9 cm³/mol. The van der Waals surface area contributed by atoms with Crippen molar-refractivity contribution < 1.29 is 9.53 Å². The van der Waals surface area contributed by atoms with Crippen LogP contribution in [0.3, 0.4) is 0 Å². The molecule has 1 aliphatic heterocycles. The van der Waals surface area contributed by atoms with Crippen molar-refractivity contribution in [2.24, 2.45) is 0 Å². The minimum atomic E-state index is 0.0471. The van der Waals surface area contributed by atoms with Crippen LogP contribution in [0, 0.1) is 13.8 Å². The number of aryl methyl sites for hydroxylation is 1. The summed E-state index contributed by atoms with van der Waals surface area (Å²) in [6.45, 7) is 7.02. The van der Waals surface area contributed by atoms with E-state index in [1.165, 1.54) is 11.1 Å². The number of fused-ring (bicyclic) bond motifs is 1. The molecule has 2 aromatic rings. The number of ether oxygens (including phenoxy) is 1. The standard InChI is InChI=1S/C21H25NO2/c1-4-5-12-24-19-9-7-6-8-16(19)18-13-20(23)22-21-15(3)14(2)10-11-17(18)21/h6-11,18H,4-5,12-13H2,1-3H3,(H,22,23)/t18-/m1/s1. The van der Waals surface area contributed by atoms with Crippen LogP contribution in [0.1, 0.15) is 54.4 Å². The third kappa shape index (κ3) is 3.16. The fourth-order valence-corrected chi connectivity index (χ4v) is 3.28. The van der Waals surface area contributed by atoms with Gasteiger partial charge in [-0.15, -0.1) is 0 Å². The van der Waals surface area contributed by atoms with Crippen molar-refractivity contribution in [3.8, 4) is 5.75 Å². The van der Waals surface area contributed by atoms with Gasteiger partial charge in [-0.3, -0.25) is 4.79 Å². The molecular weight excluding hydrogens is 298 g/mol. The van der Waals surface area contributed by atoms with Crippen molar-refractivity contribution in [1.29, 1.82) is 0 Å². The van der Waals surface area contributed by atoms with Gasteiger partial charge in [0.05, 0.1) is 6.61 Å². The zero-order valence-corrected chi connectivity index (χ0v) is 14.7. The number of nitrogens with one attached hydrogen (secondary N) is 1. The highest BCUT2D eigenvalue weighted by Gasteiger charge is 2.29. The molecule has 0 saturated heterocycles. The Morgan fingerprint density at radius 3 is 2.71 bits per heavy atom. The molecule has 0 bridgehead atoms. The van der Waals surface area contributed by atoms with Crippen LogP contribution < -0.4 is 10.1 Å². The second-order valence-corrected chi connectivity index (χ2v) is 6.52. The zero-order valence-electron chi connectivity index (χ0n) is 14.7. The van der Waals surface area contributed by atoms with Gasteiger partial charge in [0.15, 0.2) is 0 Å². The number of hydrogen-bond acceptors (Lipinski definition) is 2.